The highest BCUT2D eigenvalue weighted by molar-refractivity contribution is 6.30. The molecule has 0 aliphatic rings. The molecule has 2 aromatic carbocycles. The van der Waals surface area contributed by atoms with E-state index in [-0.39, 0.29) is 11.6 Å². The molecule has 1 heterocycles. The van der Waals surface area contributed by atoms with Crippen LogP contribution in [0.15, 0.2) is 48.5 Å². The minimum atomic E-state index is -4.44. The summed E-state index contributed by atoms with van der Waals surface area (Å²) < 4.78 is 39.6. The lowest BCUT2D eigenvalue weighted by Crippen LogP contribution is -2.08. The van der Waals surface area contributed by atoms with Crippen molar-refractivity contribution < 1.29 is 13.2 Å². The van der Waals surface area contributed by atoms with E-state index in [1.54, 1.807) is 24.3 Å². The van der Waals surface area contributed by atoms with Crippen molar-refractivity contribution in [2.24, 2.45) is 0 Å². The second-order valence-corrected chi connectivity index (χ2v) is 5.03. The Kier molecular flexibility index (Phi) is 3.91. The van der Waals surface area contributed by atoms with E-state index in [0.717, 1.165) is 12.1 Å². The van der Waals surface area contributed by atoms with Crippen LogP contribution in [-0.4, -0.2) is 20.2 Å². The third kappa shape index (κ3) is 3.42. The lowest BCUT2D eigenvalue weighted by atomic mass is 10.2. The normalized spacial score (nSPS) is 11.5. The van der Waals surface area contributed by atoms with Crippen molar-refractivity contribution in [3.8, 4) is 5.69 Å². The molecule has 0 aliphatic carbocycles. The Morgan fingerprint density at radius 1 is 1.04 bits per heavy atom. The highest BCUT2D eigenvalue weighted by Gasteiger charge is 2.30. The number of nitrogens with zero attached hydrogens (tertiary/aromatic N) is 4. The lowest BCUT2D eigenvalue weighted by Gasteiger charge is -2.10. The first-order valence-corrected chi connectivity index (χ1v) is 6.80. The molecular weight excluding hydrogens is 331 g/mol. The first-order chi connectivity index (χ1) is 10.9. The van der Waals surface area contributed by atoms with Crippen LogP contribution in [0, 0.1) is 0 Å². The van der Waals surface area contributed by atoms with Crippen LogP contribution in [0.4, 0.5) is 24.8 Å². The molecule has 0 saturated heterocycles. The fourth-order valence-corrected chi connectivity index (χ4v) is 2.04. The molecule has 0 atom stereocenters. The number of benzene rings is 2. The first kappa shape index (κ1) is 15.3. The summed E-state index contributed by atoms with van der Waals surface area (Å²) in [6.07, 6.45) is -4.44. The van der Waals surface area contributed by atoms with Crippen LogP contribution in [0.5, 0.6) is 0 Å². The zero-order chi connectivity index (χ0) is 16.4. The highest BCUT2D eigenvalue weighted by Crippen LogP contribution is 2.30. The third-order valence-corrected chi connectivity index (χ3v) is 3.24. The van der Waals surface area contributed by atoms with Gasteiger partial charge in [-0.2, -0.15) is 17.9 Å². The zero-order valence-electron chi connectivity index (χ0n) is 11.4. The fourth-order valence-electron chi connectivity index (χ4n) is 1.92. The van der Waals surface area contributed by atoms with E-state index >= 15 is 0 Å². The molecule has 118 valence electrons. The Balaban J connectivity index is 1.93. The van der Waals surface area contributed by atoms with E-state index in [1.165, 1.54) is 16.8 Å². The topological polar surface area (TPSA) is 55.6 Å². The van der Waals surface area contributed by atoms with Crippen LogP contribution in [0.25, 0.3) is 5.69 Å². The van der Waals surface area contributed by atoms with Gasteiger partial charge in [-0.15, -0.1) is 0 Å². The highest BCUT2D eigenvalue weighted by atomic mass is 35.5. The van der Waals surface area contributed by atoms with Crippen molar-refractivity contribution in [3.05, 3.63) is 59.1 Å². The summed E-state index contributed by atoms with van der Waals surface area (Å²) in [6.45, 7) is 0. The van der Waals surface area contributed by atoms with Gasteiger partial charge in [-0.1, -0.05) is 22.8 Å². The minimum absolute atomic E-state index is 0.187. The van der Waals surface area contributed by atoms with Crippen LogP contribution in [0.2, 0.25) is 5.02 Å². The maximum Gasteiger partial charge on any atom is 0.416 e. The lowest BCUT2D eigenvalue weighted by molar-refractivity contribution is -0.137. The summed E-state index contributed by atoms with van der Waals surface area (Å²) in [5.74, 6) is 0.187. The maximum absolute atomic E-state index is 12.8. The second kappa shape index (κ2) is 5.88. The summed E-state index contributed by atoms with van der Waals surface area (Å²) in [5.41, 5.74) is 0.0710. The number of halogens is 4. The molecule has 0 amide bonds. The van der Waals surface area contributed by atoms with Crippen LogP contribution in [0.3, 0.4) is 0 Å². The molecule has 0 bridgehead atoms. The quantitative estimate of drug-likeness (QED) is 0.781. The Morgan fingerprint density at radius 3 is 2.48 bits per heavy atom. The molecule has 0 radical (unpaired) electrons. The van der Waals surface area contributed by atoms with Crippen molar-refractivity contribution in [3.63, 3.8) is 0 Å². The van der Waals surface area contributed by atoms with Gasteiger partial charge in [0.1, 0.15) is 0 Å². The molecule has 0 saturated carbocycles. The molecule has 0 fully saturated rings. The molecule has 3 rings (SSSR count). The van der Waals surface area contributed by atoms with Gasteiger partial charge in [0.05, 0.1) is 11.3 Å². The van der Waals surface area contributed by atoms with Crippen LogP contribution in [0.1, 0.15) is 5.56 Å². The average Bonchev–Trinajstić information content (AvgIpc) is 2.97. The number of nitrogens with one attached hydrogen (secondary N) is 1. The van der Waals surface area contributed by atoms with Crippen molar-refractivity contribution >= 4 is 23.2 Å². The van der Waals surface area contributed by atoms with Gasteiger partial charge < -0.3 is 5.32 Å². The van der Waals surface area contributed by atoms with E-state index < -0.39 is 11.7 Å². The monoisotopic (exact) mass is 339 g/mol. The van der Waals surface area contributed by atoms with Crippen LogP contribution >= 0.6 is 11.6 Å². The summed E-state index contributed by atoms with van der Waals surface area (Å²) in [4.78, 5) is 0. The SMILES string of the molecule is FC(F)(F)c1cccc(-n2nnnc2Nc2ccc(Cl)cc2)c1. The van der Waals surface area contributed by atoms with E-state index in [4.69, 9.17) is 11.6 Å². The molecule has 0 aliphatic heterocycles. The standard InChI is InChI=1S/C14H9ClF3N5/c15-10-4-6-11(7-5-10)19-13-20-21-22-23(13)12-3-1-2-9(8-12)14(16,17)18/h1-8H,(H,19,20,22). The first-order valence-electron chi connectivity index (χ1n) is 6.42. The molecule has 1 aromatic heterocycles. The second-order valence-electron chi connectivity index (χ2n) is 4.59. The van der Waals surface area contributed by atoms with E-state index in [2.05, 4.69) is 20.8 Å². The largest absolute Gasteiger partial charge is 0.416 e. The maximum atomic E-state index is 12.8. The number of tetrazole rings is 1. The molecule has 3 aromatic rings. The van der Waals surface area contributed by atoms with Crippen LogP contribution < -0.4 is 5.32 Å². The molecular formula is C14H9ClF3N5. The summed E-state index contributed by atoms with van der Waals surface area (Å²) >= 11 is 5.80. The van der Waals surface area contributed by atoms with Gasteiger partial charge in [-0.25, -0.2) is 0 Å². The fraction of sp³-hybridized carbons (Fsp3) is 0.0714. The van der Waals surface area contributed by atoms with Gasteiger partial charge in [-0.05, 0) is 52.9 Å². The van der Waals surface area contributed by atoms with Crippen molar-refractivity contribution in [2.75, 3.05) is 5.32 Å². The minimum Gasteiger partial charge on any atom is -0.323 e. The molecule has 23 heavy (non-hydrogen) atoms. The van der Waals surface area contributed by atoms with Crippen molar-refractivity contribution in [1.82, 2.24) is 20.2 Å². The Bertz CT molecular complexity index is 814. The zero-order valence-corrected chi connectivity index (χ0v) is 12.2. The molecule has 5 nitrogen and oxygen atoms in total. The molecule has 0 unspecified atom stereocenters. The number of anilines is 2. The predicted molar refractivity (Wildman–Crippen MR) is 78.9 cm³/mol. The predicted octanol–water partition coefficient (Wildman–Crippen LogP) is 4.08. The third-order valence-electron chi connectivity index (χ3n) is 2.99. The Hall–Kier alpha value is -2.61. The van der Waals surface area contributed by atoms with Gasteiger partial charge in [0, 0.05) is 10.7 Å². The Labute approximate surface area is 133 Å². The number of rotatable bonds is 3. The molecule has 1 N–H and O–H groups in total. The molecule has 0 spiro atoms. The smallest absolute Gasteiger partial charge is 0.323 e. The van der Waals surface area contributed by atoms with Crippen LogP contribution in [-0.2, 0) is 6.18 Å². The van der Waals surface area contributed by atoms with E-state index in [9.17, 15) is 13.2 Å². The summed E-state index contributed by atoms with van der Waals surface area (Å²) in [6, 6.07) is 11.5. The van der Waals surface area contributed by atoms with E-state index in [0.29, 0.717) is 10.7 Å². The molecule has 9 heteroatoms. The van der Waals surface area contributed by atoms with Gasteiger partial charge in [0.25, 0.3) is 5.95 Å². The van der Waals surface area contributed by atoms with Gasteiger partial charge in [0.2, 0.25) is 0 Å². The number of hydrogen-bond acceptors (Lipinski definition) is 4. The van der Waals surface area contributed by atoms with Gasteiger partial charge in [0.15, 0.2) is 0 Å². The number of hydrogen-bond donors (Lipinski definition) is 1. The number of aromatic nitrogens is 4. The van der Waals surface area contributed by atoms with Gasteiger partial charge >= 0.3 is 6.18 Å². The van der Waals surface area contributed by atoms with E-state index in [1.807, 2.05) is 0 Å². The number of alkyl halides is 3. The van der Waals surface area contributed by atoms with Crippen molar-refractivity contribution in [1.29, 1.82) is 0 Å². The summed E-state index contributed by atoms with van der Waals surface area (Å²) in [7, 11) is 0. The van der Waals surface area contributed by atoms with Crippen molar-refractivity contribution in [2.45, 2.75) is 6.18 Å². The summed E-state index contributed by atoms with van der Waals surface area (Å²) in [5, 5.41) is 14.5. The average molecular weight is 340 g/mol. The Morgan fingerprint density at radius 2 is 1.78 bits per heavy atom. The van der Waals surface area contributed by atoms with Gasteiger partial charge in [-0.3, -0.25) is 0 Å².